The Morgan fingerprint density at radius 1 is 2.00 bits per heavy atom. The number of halogens is 1. The van der Waals surface area contributed by atoms with E-state index in [1.807, 2.05) is 0 Å². The lowest BCUT2D eigenvalue weighted by atomic mass is 11.3. The third-order valence-corrected chi connectivity index (χ3v) is 1.34. The molecule has 0 N–H and O–H groups in total. The van der Waals surface area contributed by atoms with Crippen LogP contribution in [0.3, 0.4) is 0 Å². The molecule has 0 aliphatic heterocycles. The van der Waals surface area contributed by atoms with Gasteiger partial charge in [-0.05, 0) is 27.0 Å². The Labute approximate surface area is 46.7 Å². The van der Waals surface area contributed by atoms with Crippen molar-refractivity contribution in [2.24, 2.45) is 0 Å². The van der Waals surface area contributed by atoms with Crippen LogP contribution in [0.4, 0.5) is 0 Å². The maximum Gasteiger partial charge on any atom is 0.0605 e. The molecule has 0 rings (SSSR count). The third kappa shape index (κ3) is 2.56. The smallest absolute Gasteiger partial charge is 0.0605 e. The fourth-order valence-electron chi connectivity index (χ4n) is 0. The van der Waals surface area contributed by atoms with E-state index in [0.717, 1.165) is 0 Å². The van der Waals surface area contributed by atoms with Gasteiger partial charge in [-0.2, -0.15) is 0 Å². The van der Waals surface area contributed by atoms with E-state index in [1.54, 1.807) is 0 Å². The third-order valence-electron chi connectivity index (χ3n) is 0.181. The summed E-state index contributed by atoms with van der Waals surface area (Å²) in [6.07, 6.45) is 0. The molecule has 0 saturated carbocycles. The summed E-state index contributed by atoms with van der Waals surface area (Å²) in [5.41, 5.74) is 0. The van der Waals surface area contributed by atoms with Gasteiger partial charge in [0.05, 0.1) is 3.81 Å². The van der Waals surface area contributed by atoms with Crippen LogP contribution in [-0.2, 0) is 11.1 Å². The summed E-state index contributed by atoms with van der Waals surface area (Å²) in [6, 6.07) is 0. The number of hydrogen-bond donors (Lipinski definition) is 0. The van der Waals surface area contributed by atoms with Crippen LogP contribution in [0.25, 0.3) is 0 Å². The second-order valence-electron chi connectivity index (χ2n) is 0.590. The van der Waals surface area contributed by atoms with E-state index < -0.39 is 11.1 Å². The molecule has 1 unspecified atom stereocenters. The molecule has 0 amide bonds. The van der Waals surface area contributed by atoms with Crippen molar-refractivity contribution in [1.82, 2.24) is 0 Å². The molecule has 0 aliphatic rings. The predicted octanol–water partition coefficient (Wildman–Crippen LogP) is 0.732. The molecule has 1 atom stereocenters. The first-order valence-corrected chi connectivity index (χ1v) is 2.95. The van der Waals surface area contributed by atoms with Gasteiger partial charge in [0.15, 0.2) is 0 Å². The van der Waals surface area contributed by atoms with Gasteiger partial charge in [-0.15, -0.1) is 0 Å². The van der Waals surface area contributed by atoms with Crippen LogP contribution in [0.15, 0.2) is 10.4 Å². The van der Waals surface area contributed by atoms with E-state index in [4.69, 9.17) is 0 Å². The van der Waals surface area contributed by atoms with Crippen LogP contribution in [0.1, 0.15) is 0 Å². The fraction of sp³-hybridized carbons (Fsp3) is 0. The zero-order valence-electron chi connectivity index (χ0n) is 2.81. The molecule has 0 spiro atoms. The van der Waals surface area contributed by atoms with Crippen molar-refractivity contribution in [1.29, 1.82) is 0 Å². The molecule has 36 valence electrons. The zero-order chi connectivity index (χ0) is 5.15. The Bertz CT molecular complexity index is 77.5. The topological polar surface area (TPSA) is 40.1 Å². The van der Waals surface area contributed by atoms with Crippen molar-refractivity contribution < 1.29 is 8.76 Å². The summed E-state index contributed by atoms with van der Waals surface area (Å²) in [4.78, 5) is 0. The van der Waals surface area contributed by atoms with Gasteiger partial charge < -0.3 is 4.55 Å². The maximum absolute atomic E-state index is 9.55. The second kappa shape index (κ2) is 2.49. The van der Waals surface area contributed by atoms with Gasteiger partial charge in [-0.1, -0.05) is 6.58 Å². The van der Waals surface area contributed by atoms with Crippen LogP contribution >= 0.6 is 15.9 Å². The fourth-order valence-corrected chi connectivity index (χ4v) is 0. The van der Waals surface area contributed by atoms with Crippen molar-refractivity contribution in [3.05, 3.63) is 10.4 Å². The van der Waals surface area contributed by atoms with Crippen LogP contribution in [0.5, 0.6) is 0 Å². The SMILES string of the molecule is C=C(Br)S(=O)[O-]. The molecule has 4 heteroatoms. The lowest BCUT2D eigenvalue weighted by Crippen LogP contribution is -1.79. The largest absolute Gasteiger partial charge is 0.768 e. The second-order valence-corrected chi connectivity index (χ2v) is 3.03. The predicted molar refractivity (Wildman–Crippen MR) is 27.0 cm³/mol. The zero-order valence-corrected chi connectivity index (χ0v) is 5.21. The highest BCUT2D eigenvalue weighted by Gasteiger charge is 1.77. The minimum absolute atomic E-state index is 0.0116. The number of rotatable bonds is 1. The Balaban J connectivity index is 3.57. The van der Waals surface area contributed by atoms with E-state index >= 15 is 0 Å². The first-order valence-electron chi connectivity index (χ1n) is 1.08. The van der Waals surface area contributed by atoms with Gasteiger partial charge in [-0.3, -0.25) is 4.21 Å². The van der Waals surface area contributed by atoms with Crippen LogP contribution in [-0.4, -0.2) is 8.76 Å². The van der Waals surface area contributed by atoms with Gasteiger partial charge in [0.1, 0.15) is 0 Å². The summed E-state index contributed by atoms with van der Waals surface area (Å²) >= 11 is 0.486. The molecule has 0 bridgehead atoms. The standard InChI is InChI=1S/C2H3BrO2S/c1-2(3)6(4)5/h1H2,(H,4,5)/p-1. The van der Waals surface area contributed by atoms with Crippen molar-refractivity contribution in [3.8, 4) is 0 Å². The Hall–Kier alpha value is 0.330. The summed E-state index contributed by atoms with van der Waals surface area (Å²) in [5.74, 6) is 0. The molecule has 0 fully saturated rings. The molecule has 0 aromatic heterocycles. The van der Waals surface area contributed by atoms with E-state index in [-0.39, 0.29) is 3.81 Å². The lowest BCUT2D eigenvalue weighted by Gasteiger charge is -1.96. The highest BCUT2D eigenvalue weighted by atomic mass is 79.9. The highest BCUT2D eigenvalue weighted by molar-refractivity contribution is 9.13. The molecule has 0 radical (unpaired) electrons. The van der Waals surface area contributed by atoms with E-state index in [1.165, 1.54) is 0 Å². The first kappa shape index (κ1) is 6.33. The number of hydrogen-bond acceptors (Lipinski definition) is 2. The quantitative estimate of drug-likeness (QED) is 0.544. The molecule has 6 heavy (non-hydrogen) atoms. The summed E-state index contributed by atoms with van der Waals surface area (Å²) in [7, 11) is 0. The molecule has 2 nitrogen and oxygen atoms in total. The van der Waals surface area contributed by atoms with Crippen molar-refractivity contribution in [2.45, 2.75) is 0 Å². The van der Waals surface area contributed by atoms with Crippen molar-refractivity contribution >= 4 is 27.0 Å². The van der Waals surface area contributed by atoms with E-state index in [0.29, 0.717) is 0 Å². The van der Waals surface area contributed by atoms with Gasteiger partial charge in [0, 0.05) is 0 Å². The summed E-state index contributed by atoms with van der Waals surface area (Å²) < 4.78 is 19.1. The van der Waals surface area contributed by atoms with Gasteiger partial charge in [-0.25, -0.2) is 0 Å². The first-order chi connectivity index (χ1) is 2.64. The molecule has 0 saturated heterocycles. The summed E-state index contributed by atoms with van der Waals surface area (Å²) in [5, 5.41) is 0. The monoisotopic (exact) mass is 169 g/mol. The molecule has 0 heterocycles. The molecule has 0 aromatic rings. The average Bonchev–Trinajstić information content (AvgIpc) is 1.36. The average molecular weight is 170 g/mol. The maximum atomic E-state index is 9.55. The van der Waals surface area contributed by atoms with Crippen LogP contribution in [0.2, 0.25) is 0 Å². The lowest BCUT2D eigenvalue weighted by molar-refractivity contribution is 0.546. The highest BCUT2D eigenvalue weighted by Crippen LogP contribution is 2.01. The summed E-state index contributed by atoms with van der Waals surface area (Å²) in [6.45, 7) is 3.06. The minimum Gasteiger partial charge on any atom is -0.768 e. The Morgan fingerprint density at radius 2 is 2.17 bits per heavy atom. The van der Waals surface area contributed by atoms with Gasteiger partial charge in [0.2, 0.25) is 0 Å². The van der Waals surface area contributed by atoms with Crippen molar-refractivity contribution in [3.63, 3.8) is 0 Å². The van der Waals surface area contributed by atoms with E-state index in [9.17, 15) is 8.76 Å². The van der Waals surface area contributed by atoms with Crippen LogP contribution in [0, 0.1) is 0 Å². The molecular formula is C2H2BrO2S-. The van der Waals surface area contributed by atoms with Crippen molar-refractivity contribution in [2.75, 3.05) is 0 Å². The van der Waals surface area contributed by atoms with Crippen LogP contribution < -0.4 is 0 Å². The normalized spacial score (nSPS) is 13.7. The molecule has 0 aromatic carbocycles. The van der Waals surface area contributed by atoms with Gasteiger partial charge >= 0.3 is 0 Å². The minimum atomic E-state index is -2.15. The van der Waals surface area contributed by atoms with Gasteiger partial charge in [0.25, 0.3) is 0 Å². The Morgan fingerprint density at radius 3 is 2.17 bits per heavy atom. The molecule has 0 aliphatic carbocycles. The Kier molecular flexibility index (Phi) is 2.63. The molecular weight excluding hydrogens is 168 g/mol. The van der Waals surface area contributed by atoms with E-state index in [2.05, 4.69) is 22.5 Å².